The molecule has 1 atom stereocenters. The maximum Gasteiger partial charge on any atom is 0.155 e. The molecule has 2 aromatic rings. The van der Waals surface area contributed by atoms with E-state index in [9.17, 15) is 0 Å². The van der Waals surface area contributed by atoms with E-state index in [1.807, 2.05) is 11.4 Å². The third kappa shape index (κ3) is 1.93. The predicted molar refractivity (Wildman–Crippen MR) is 67.1 cm³/mol. The van der Waals surface area contributed by atoms with Crippen molar-refractivity contribution in [2.24, 2.45) is 0 Å². The van der Waals surface area contributed by atoms with E-state index in [1.54, 1.807) is 0 Å². The van der Waals surface area contributed by atoms with Crippen molar-refractivity contribution >= 4 is 5.65 Å². The summed E-state index contributed by atoms with van der Waals surface area (Å²) < 4.78 is 1.90. The van der Waals surface area contributed by atoms with Gasteiger partial charge >= 0.3 is 0 Å². The van der Waals surface area contributed by atoms with E-state index < -0.39 is 0 Å². The van der Waals surface area contributed by atoms with E-state index in [0.29, 0.717) is 6.04 Å². The van der Waals surface area contributed by atoms with Crippen LogP contribution in [-0.2, 0) is 0 Å². The van der Waals surface area contributed by atoms with Crippen molar-refractivity contribution in [3.05, 3.63) is 29.2 Å². The van der Waals surface area contributed by atoms with Gasteiger partial charge in [-0.25, -0.2) is 9.50 Å². The van der Waals surface area contributed by atoms with Crippen molar-refractivity contribution in [1.29, 1.82) is 0 Å². The van der Waals surface area contributed by atoms with E-state index in [1.165, 1.54) is 24.8 Å². The molecule has 0 bridgehead atoms. The summed E-state index contributed by atoms with van der Waals surface area (Å²) in [5.41, 5.74) is 4.35. The monoisotopic (exact) mass is 230 g/mol. The van der Waals surface area contributed by atoms with E-state index >= 15 is 0 Å². The summed E-state index contributed by atoms with van der Waals surface area (Å²) in [4.78, 5) is 4.56. The van der Waals surface area contributed by atoms with Gasteiger partial charge in [-0.1, -0.05) is 6.42 Å². The summed E-state index contributed by atoms with van der Waals surface area (Å²) >= 11 is 0. The zero-order valence-electron chi connectivity index (χ0n) is 10.4. The van der Waals surface area contributed by atoms with Crippen LogP contribution in [0, 0.1) is 13.8 Å². The Labute approximate surface area is 101 Å². The van der Waals surface area contributed by atoms with E-state index in [4.69, 9.17) is 0 Å². The van der Waals surface area contributed by atoms with Crippen molar-refractivity contribution in [2.45, 2.75) is 39.2 Å². The van der Waals surface area contributed by atoms with Gasteiger partial charge < -0.3 is 5.32 Å². The van der Waals surface area contributed by atoms with Gasteiger partial charge in [0.1, 0.15) is 0 Å². The van der Waals surface area contributed by atoms with Crippen LogP contribution in [0.15, 0.2) is 12.3 Å². The molecule has 90 valence electrons. The van der Waals surface area contributed by atoms with Crippen LogP contribution in [-0.4, -0.2) is 21.1 Å². The first-order valence-electron chi connectivity index (χ1n) is 6.31. The fourth-order valence-corrected chi connectivity index (χ4v) is 2.39. The van der Waals surface area contributed by atoms with E-state index in [2.05, 4.69) is 34.6 Å². The number of hydrogen-bond donors (Lipinski definition) is 1. The molecule has 3 rings (SSSR count). The number of rotatable bonds is 1. The number of nitrogens with zero attached hydrogens (tertiary/aromatic N) is 3. The normalized spacial score (nSPS) is 20.9. The Balaban J connectivity index is 2.00. The smallest absolute Gasteiger partial charge is 0.155 e. The van der Waals surface area contributed by atoms with Gasteiger partial charge in [-0.15, -0.1) is 0 Å². The molecular weight excluding hydrogens is 212 g/mol. The van der Waals surface area contributed by atoms with Gasteiger partial charge in [0.15, 0.2) is 5.65 Å². The zero-order chi connectivity index (χ0) is 11.8. The van der Waals surface area contributed by atoms with Crippen molar-refractivity contribution in [3.63, 3.8) is 0 Å². The molecule has 3 heterocycles. The van der Waals surface area contributed by atoms with Crippen LogP contribution < -0.4 is 5.32 Å². The molecule has 4 nitrogen and oxygen atoms in total. The van der Waals surface area contributed by atoms with Crippen LogP contribution in [0.4, 0.5) is 0 Å². The largest absolute Gasteiger partial charge is 0.309 e. The third-order valence-electron chi connectivity index (χ3n) is 3.57. The molecule has 0 spiro atoms. The Morgan fingerprint density at radius 2 is 2.24 bits per heavy atom. The summed E-state index contributed by atoms with van der Waals surface area (Å²) in [6.07, 6.45) is 5.81. The second kappa shape index (κ2) is 4.11. The van der Waals surface area contributed by atoms with Crippen molar-refractivity contribution in [3.8, 4) is 0 Å². The Morgan fingerprint density at radius 3 is 3.00 bits per heavy atom. The van der Waals surface area contributed by atoms with Gasteiger partial charge in [-0.3, -0.25) is 0 Å². The summed E-state index contributed by atoms with van der Waals surface area (Å²) in [5, 5.41) is 8.15. The molecule has 1 saturated heterocycles. The quantitative estimate of drug-likeness (QED) is 0.816. The molecule has 1 fully saturated rings. The van der Waals surface area contributed by atoms with Crippen molar-refractivity contribution in [2.75, 3.05) is 6.54 Å². The molecule has 0 saturated carbocycles. The van der Waals surface area contributed by atoms with Gasteiger partial charge in [0.05, 0.1) is 11.7 Å². The summed E-state index contributed by atoms with van der Waals surface area (Å²) in [6, 6.07) is 2.51. The maximum absolute atomic E-state index is 4.63. The third-order valence-corrected chi connectivity index (χ3v) is 3.57. The minimum atomic E-state index is 0.408. The molecule has 1 unspecified atom stereocenters. The number of piperidine rings is 1. The maximum atomic E-state index is 4.63. The minimum Gasteiger partial charge on any atom is -0.309 e. The summed E-state index contributed by atoms with van der Waals surface area (Å²) in [6.45, 7) is 5.22. The van der Waals surface area contributed by atoms with Crippen molar-refractivity contribution in [1.82, 2.24) is 19.9 Å². The van der Waals surface area contributed by atoms with Gasteiger partial charge in [-0.05, 0) is 38.8 Å². The molecule has 0 aromatic carbocycles. The highest BCUT2D eigenvalue weighted by Gasteiger charge is 2.18. The Morgan fingerprint density at radius 1 is 1.35 bits per heavy atom. The number of aryl methyl sites for hydroxylation is 2. The highest BCUT2D eigenvalue weighted by atomic mass is 15.3. The Hall–Kier alpha value is -1.42. The molecule has 1 aliphatic rings. The lowest BCUT2D eigenvalue weighted by molar-refractivity contribution is 0.404. The SMILES string of the molecule is Cc1cn2nc(C3CCCCN3)cc2nc1C. The first-order valence-corrected chi connectivity index (χ1v) is 6.31. The van der Waals surface area contributed by atoms with Crippen LogP contribution in [0.3, 0.4) is 0 Å². The average Bonchev–Trinajstić information content (AvgIpc) is 2.74. The Kier molecular flexibility index (Phi) is 2.59. The molecule has 2 aromatic heterocycles. The molecule has 4 heteroatoms. The highest BCUT2D eigenvalue weighted by molar-refractivity contribution is 5.42. The summed E-state index contributed by atoms with van der Waals surface area (Å²) in [5.74, 6) is 0. The highest BCUT2D eigenvalue weighted by Crippen LogP contribution is 2.22. The second-order valence-corrected chi connectivity index (χ2v) is 4.88. The standard InChI is InChI=1S/C13H18N4/c1-9-8-17-13(15-10(9)2)7-12(16-17)11-5-3-4-6-14-11/h7-8,11,14H,3-6H2,1-2H3. The van der Waals surface area contributed by atoms with Crippen molar-refractivity contribution < 1.29 is 0 Å². The Bertz CT molecular complexity index is 499. The lowest BCUT2D eigenvalue weighted by atomic mass is 10.0. The van der Waals surface area contributed by atoms with Gasteiger partial charge in [-0.2, -0.15) is 5.10 Å². The van der Waals surface area contributed by atoms with E-state index in [0.717, 1.165) is 23.6 Å². The zero-order valence-corrected chi connectivity index (χ0v) is 10.4. The lowest BCUT2D eigenvalue weighted by Crippen LogP contribution is -2.27. The molecule has 1 N–H and O–H groups in total. The molecular formula is C13H18N4. The average molecular weight is 230 g/mol. The fourth-order valence-electron chi connectivity index (χ4n) is 2.39. The number of nitrogens with one attached hydrogen (secondary N) is 1. The lowest BCUT2D eigenvalue weighted by Gasteiger charge is -2.21. The number of fused-ring (bicyclic) bond motifs is 1. The molecule has 0 aliphatic carbocycles. The van der Waals surface area contributed by atoms with Gasteiger partial charge in [0.25, 0.3) is 0 Å². The first kappa shape index (κ1) is 10.7. The van der Waals surface area contributed by atoms with Crippen LogP contribution in [0.1, 0.15) is 42.3 Å². The van der Waals surface area contributed by atoms with Gasteiger partial charge in [0.2, 0.25) is 0 Å². The van der Waals surface area contributed by atoms with Crippen LogP contribution >= 0.6 is 0 Å². The minimum absolute atomic E-state index is 0.408. The topological polar surface area (TPSA) is 42.2 Å². The molecule has 1 aliphatic heterocycles. The van der Waals surface area contributed by atoms with Crippen LogP contribution in [0.25, 0.3) is 5.65 Å². The van der Waals surface area contributed by atoms with Crippen LogP contribution in [0.2, 0.25) is 0 Å². The predicted octanol–water partition coefficient (Wildman–Crippen LogP) is 2.16. The van der Waals surface area contributed by atoms with Gasteiger partial charge in [0, 0.05) is 18.0 Å². The number of hydrogen-bond acceptors (Lipinski definition) is 3. The molecule has 17 heavy (non-hydrogen) atoms. The number of aromatic nitrogens is 3. The molecule has 0 amide bonds. The summed E-state index contributed by atoms with van der Waals surface area (Å²) in [7, 11) is 0. The van der Waals surface area contributed by atoms with E-state index in [-0.39, 0.29) is 0 Å². The second-order valence-electron chi connectivity index (χ2n) is 4.88. The first-order chi connectivity index (χ1) is 8.24. The fraction of sp³-hybridized carbons (Fsp3) is 0.538. The van der Waals surface area contributed by atoms with Crippen LogP contribution in [0.5, 0.6) is 0 Å². The molecule has 0 radical (unpaired) electrons.